The molecule has 1 N–H and O–H groups in total. The standard InChI is InChI=1S/C21H21N5O3S/c1-4-14-5-7-15(8-6-14)28-11-16-13(2)29-25-19(16)20(27)24-21-23-17(12-30-21)18-9-10-22-26(18)3/h5-10,12H,4,11H2,1-3H3,(H,23,24,27). The predicted molar refractivity (Wildman–Crippen MR) is 114 cm³/mol. The zero-order chi connectivity index (χ0) is 21.1. The number of aromatic nitrogens is 4. The summed E-state index contributed by atoms with van der Waals surface area (Å²) in [4.78, 5) is 17.2. The maximum absolute atomic E-state index is 12.8. The molecule has 4 rings (SSSR count). The number of benzene rings is 1. The second-order valence-corrected chi connectivity index (χ2v) is 7.54. The normalized spacial score (nSPS) is 10.9. The number of carbonyl (C=O) groups is 1. The number of thiazole rings is 1. The zero-order valence-corrected chi connectivity index (χ0v) is 17.7. The molecule has 0 aliphatic rings. The van der Waals surface area contributed by atoms with Crippen LogP contribution < -0.4 is 10.1 Å². The molecule has 9 heteroatoms. The van der Waals surface area contributed by atoms with Gasteiger partial charge in [0.05, 0.1) is 11.3 Å². The highest BCUT2D eigenvalue weighted by Gasteiger charge is 2.22. The monoisotopic (exact) mass is 423 g/mol. The average molecular weight is 423 g/mol. The molecule has 0 aliphatic heterocycles. The Morgan fingerprint density at radius 1 is 1.27 bits per heavy atom. The van der Waals surface area contributed by atoms with E-state index in [2.05, 4.69) is 27.5 Å². The van der Waals surface area contributed by atoms with E-state index in [-0.39, 0.29) is 12.3 Å². The molecule has 0 bridgehead atoms. The quantitative estimate of drug-likeness (QED) is 0.478. The zero-order valence-electron chi connectivity index (χ0n) is 16.9. The van der Waals surface area contributed by atoms with Crippen LogP contribution in [0.25, 0.3) is 11.4 Å². The van der Waals surface area contributed by atoms with Gasteiger partial charge in [-0.05, 0) is 37.1 Å². The van der Waals surface area contributed by atoms with Crippen LogP contribution in [0.1, 0.15) is 34.3 Å². The van der Waals surface area contributed by atoms with Gasteiger partial charge in [-0.2, -0.15) is 5.10 Å². The van der Waals surface area contributed by atoms with Crippen LogP contribution in [0.3, 0.4) is 0 Å². The molecule has 1 amide bonds. The van der Waals surface area contributed by atoms with Crippen LogP contribution in [0.4, 0.5) is 5.13 Å². The van der Waals surface area contributed by atoms with Gasteiger partial charge in [0, 0.05) is 18.6 Å². The van der Waals surface area contributed by atoms with Crippen LogP contribution in [0.2, 0.25) is 0 Å². The fourth-order valence-electron chi connectivity index (χ4n) is 2.95. The molecule has 0 spiro atoms. The van der Waals surface area contributed by atoms with Crippen molar-refractivity contribution in [3.8, 4) is 17.1 Å². The average Bonchev–Trinajstić information content (AvgIpc) is 3.47. The van der Waals surface area contributed by atoms with E-state index in [9.17, 15) is 4.79 Å². The third-order valence-corrected chi connectivity index (χ3v) is 5.48. The van der Waals surface area contributed by atoms with Gasteiger partial charge >= 0.3 is 0 Å². The Hall–Kier alpha value is -3.46. The maximum Gasteiger partial charge on any atom is 0.280 e. The van der Waals surface area contributed by atoms with Gasteiger partial charge in [0.1, 0.15) is 23.8 Å². The molecule has 0 fully saturated rings. The number of rotatable bonds is 7. The molecule has 1 aromatic carbocycles. The van der Waals surface area contributed by atoms with Gasteiger partial charge in [-0.25, -0.2) is 4.98 Å². The van der Waals surface area contributed by atoms with Crippen molar-refractivity contribution < 1.29 is 14.1 Å². The Morgan fingerprint density at radius 3 is 2.77 bits per heavy atom. The van der Waals surface area contributed by atoms with E-state index < -0.39 is 5.91 Å². The summed E-state index contributed by atoms with van der Waals surface area (Å²) in [5.41, 5.74) is 3.64. The molecular formula is C21H21N5O3S. The van der Waals surface area contributed by atoms with E-state index in [4.69, 9.17) is 9.26 Å². The van der Waals surface area contributed by atoms with Crippen LogP contribution in [0.15, 0.2) is 46.4 Å². The molecule has 0 saturated heterocycles. The van der Waals surface area contributed by atoms with Gasteiger partial charge in [-0.3, -0.25) is 14.8 Å². The lowest BCUT2D eigenvalue weighted by atomic mass is 10.1. The lowest BCUT2D eigenvalue weighted by Crippen LogP contribution is -2.15. The molecule has 3 heterocycles. The Morgan fingerprint density at radius 2 is 2.07 bits per heavy atom. The van der Waals surface area contributed by atoms with Crippen molar-refractivity contribution in [2.24, 2.45) is 7.05 Å². The molecule has 3 aromatic heterocycles. The molecular weight excluding hydrogens is 402 g/mol. The summed E-state index contributed by atoms with van der Waals surface area (Å²) in [6.45, 7) is 4.04. The van der Waals surface area contributed by atoms with Crippen molar-refractivity contribution in [3.63, 3.8) is 0 Å². The summed E-state index contributed by atoms with van der Waals surface area (Å²) in [7, 11) is 1.84. The van der Waals surface area contributed by atoms with E-state index in [0.29, 0.717) is 16.5 Å². The number of hydrogen-bond donors (Lipinski definition) is 1. The van der Waals surface area contributed by atoms with Gasteiger partial charge in [-0.15, -0.1) is 11.3 Å². The second-order valence-electron chi connectivity index (χ2n) is 6.68. The number of aryl methyl sites for hydroxylation is 3. The van der Waals surface area contributed by atoms with Crippen molar-refractivity contribution in [1.82, 2.24) is 19.9 Å². The van der Waals surface area contributed by atoms with Crippen LogP contribution in [0.5, 0.6) is 5.75 Å². The van der Waals surface area contributed by atoms with Crippen molar-refractivity contribution in [2.45, 2.75) is 26.9 Å². The summed E-state index contributed by atoms with van der Waals surface area (Å²) < 4.78 is 12.8. The number of amides is 1. The molecule has 0 unspecified atom stereocenters. The molecule has 0 aliphatic carbocycles. The first kappa shape index (κ1) is 19.8. The van der Waals surface area contributed by atoms with E-state index in [0.717, 1.165) is 23.6 Å². The van der Waals surface area contributed by atoms with Crippen LogP contribution in [-0.2, 0) is 20.1 Å². The summed E-state index contributed by atoms with van der Waals surface area (Å²) in [6, 6.07) is 9.73. The smallest absolute Gasteiger partial charge is 0.280 e. The Labute approximate surface area is 177 Å². The molecule has 8 nitrogen and oxygen atoms in total. The highest BCUT2D eigenvalue weighted by Crippen LogP contribution is 2.25. The summed E-state index contributed by atoms with van der Waals surface area (Å²) in [5.74, 6) is 0.873. The van der Waals surface area contributed by atoms with Crippen molar-refractivity contribution in [2.75, 3.05) is 5.32 Å². The lowest BCUT2D eigenvalue weighted by molar-refractivity contribution is 0.101. The fraction of sp³-hybridized carbons (Fsp3) is 0.238. The fourth-order valence-corrected chi connectivity index (χ4v) is 3.65. The highest BCUT2D eigenvalue weighted by atomic mass is 32.1. The minimum absolute atomic E-state index is 0.182. The number of ether oxygens (including phenoxy) is 1. The number of hydrogen-bond acceptors (Lipinski definition) is 7. The number of anilines is 1. The minimum Gasteiger partial charge on any atom is -0.489 e. The molecule has 0 saturated carbocycles. The Balaban J connectivity index is 1.46. The first-order valence-electron chi connectivity index (χ1n) is 9.47. The summed E-state index contributed by atoms with van der Waals surface area (Å²) >= 11 is 1.33. The SMILES string of the molecule is CCc1ccc(OCc2c(C(=O)Nc3nc(-c4ccnn4C)cs3)noc2C)cc1. The Bertz CT molecular complexity index is 1160. The Kier molecular flexibility index (Phi) is 5.62. The summed E-state index contributed by atoms with van der Waals surface area (Å²) in [5, 5.41) is 13.2. The van der Waals surface area contributed by atoms with Crippen LogP contribution in [0, 0.1) is 6.92 Å². The van der Waals surface area contributed by atoms with Crippen molar-refractivity contribution in [3.05, 3.63) is 64.5 Å². The summed E-state index contributed by atoms with van der Waals surface area (Å²) in [6.07, 6.45) is 2.67. The number of nitrogens with zero attached hydrogens (tertiary/aromatic N) is 4. The number of carbonyl (C=O) groups excluding carboxylic acids is 1. The largest absolute Gasteiger partial charge is 0.489 e. The van der Waals surface area contributed by atoms with E-state index in [1.165, 1.54) is 16.9 Å². The van der Waals surface area contributed by atoms with Crippen LogP contribution >= 0.6 is 11.3 Å². The molecule has 0 atom stereocenters. The predicted octanol–water partition coefficient (Wildman–Crippen LogP) is 4.23. The number of nitrogens with one attached hydrogen (secondary N) is 1. The van der Waals surface area contributed by atoms with Gasteiger partial charge in [0.15, 0.2) is 10.8 Å². The molecule has 0 radical (unpaired) electrons. The molecule has 4 aromatic rings. The van der Waals surface area contributed by atoms with Gasteiger partial charge in [0.2, 0.25) is 0 Å². The topological polar surface area (TPSA) is 95.1 Å². The van der Waals surface area contributed by atoms with Crippen LogP contribution in [-0.4, -0.2) is 25.8 Å². The first-order valence-corrected chi connectivity index (χ1v) is 10.3. The molecule has 154 valence electrons. The third-order valence-electron chi connectivity index (χ3n) is 4.72. The highest BCUT2D eigenvalue weighted by molar-refractivity contribution is 7.14. The van der Waals surface area contributed by atoms with Crippen molar-refractivity contribution in [1.29, 1.82) is 0 Å². The minimum atomic E-state index is -0.391. The second kappa shape index (κ2) is 8.50. The van der Waals surface area contributed by atoms with E-state index >= 15 is 0 Å². The van der Waals surface area contributed by atoms with Gasteiger partial charge < -0.3 is 9.26 Å². The first-order chi connectivity index (χ1) is 14.5. The van der Waals surface area contributed by atoms with Crippen molar-refractivity contribution >= 4 is 22.4 Å². The molecule has 30 heavy (non-hydrogen) atoms. The maximum atomic E-state index is 12.8. The van der Waals surface area contributed by atoms with E-state index in [1.807, 2.05) is 42.8 Å². The van der Waals surface area contributed by atoms with E-state index in [1.54, 1.807) is 17.8 Å². The third kappa shape index (κ3) is 4.11. The van der Waals surface area contributed by atoms with Gasteiger partial charge in [-0.1, -0.05) is 24.2 Å². The lowest BCUT2D eigenvalue weighted by Gasteiger charge is -2.07. The van der Waals surface area contributed by atoms with Gasteiger partial charge in [0.25, 0.3) is 5.91 Å².